The quantitative estimate of drug-likeness (QED) is 0.803. The van der Waals surface area contributed by atoms with Gasteiger partial charge in [0.2, 0.25) is 11.9 Å². The normalized spacial score (nSPS) is 21.5. The summed E-state index contributed by atoms with van der Waals surface area (Å²) in [5.41, 5.74) is 9.58. The fourth-order valence-corrected chi connectivity index (χ4v) is 2.98. The van der Waals surface area contributed by atoms with Gasteiger partial charge in [0.25, 0.3) is 0 Å². The fourth-order valence-electron chi connectivity index (χ4n) is 2.98. The van der Waals surface area contributed by atoms with Gasteiger partial charge in [-0.1, -0.05) is 30.7 Å². The molecule has 0 saturated carbocycles. The van der Waals surface area contributed by atoms with Crippen LogP contribution in [0.15, 0.2) is 18.2 Å². The Morgan fingerprint density at radius 2 is 2.09 bits per heavy atom. The Morgan fingerprint density at radius 3 is 2.82 bits per heavy atom. The second kappa shape index (κ2) is 5.53. The topological polar surface area (TPSA) is 97.0 Å². The number of aromatic nitrogens is 3. The zero-order valence-corrected chi connectivity index (χ0v) is 13.0. The van der Waals surface area contributed by atoms with Crippen LogP contribution in [0.3, 0.4) is 0 Å². The predicted octanol–water partition coefficient (Wildman–Crippen LogP) is 2.16. The van der Waals surface area contributed by atoms with E-state index in [9.17, 15) is 5.11 Å². The van der Waals surface area contributed by atoms with Crippen molar-refractivity contribution in [3.63, 3.8) is 0 Å². The standard InChI is InChI=1S/C16H21N5O/c1-8-4-5-11-7-9(2)13(12(11)6-8)18-16-20-14(10(3)22)19-15(17)21-16/h4-6,9-10,13,22H,7H2,1-3H3,(H3,17,18,19,20,21)/t9-,10?,13+/m0/s1. The van der Waals surface area contributed by atoms with Crippen LogP contribution in [0, 0.1) is 12.8 Å². The van der Waals surface area contributed by atoms with Crippen molar-refractivity contribution in [3.05, 3.63) is 40.7 Å². The summed E-state index contributed by atoms with van der Waals surface area (Å²) in [6, 6.07) is 6.67. The molecule has 1 aromatic carbocycles. The monoisotopic (exact) mass is 299 g/mol. The number of anilines is 2. The number of nitrogen functional groups attached to an aromatic ring is 1. The second-order valence-corrected chi connectivity index (χ2v) is 6.06. The Kier molecular flexibility index (Phi) is 3.70. The number of nitrogens with one attached hydrogen (secondary N) is 1. The van der Waals surface area contributed by atoms with Gasteiger partial charge in [0, 0.05) is 0 Å². The van der Waals surface area contributed by atoms with Crippen LogP contribution >= 0.6 is 0 Å². The van der Waals surface area contributed by atoms with E-state index in [-0.39, 0.29) is 17.8 Å². The van der Waals surface area contributed by atoms with Crippen LogP contribution in [0.4, 0.5) is 11.9 Å². The first kappa shape index (κ1) is 14.7. The number of nitrogens with two attached hydrogens (primary N) is 1. The Morgan fingerprint density at radius 1 is 1.32 bits per heavy atom. The summed E-state index contributed by atoms with van der Waals surface area (Å²) in [5.74, 6) is 1.24. The third-order valence-corrected chi connectivity index (χ3v) is 4.08. The summed E-state index contributed by atoms with van der Waals surface area (Å²) < 4.78 is 0. The van der Waals surface area contributed by atoms with Crippen LogP contribution < -0.4 is 11.1 Å². The first-order valence-corrected chi connectivity index (χ1v) is 7.49. The molecule has 2 aromatic rings. The Hall–Kier alpha value is -2.21. The minimum atomic E-state index is -0.776. The summed E-state index contributed by atoms with van der Waals surface area (Å²) in [5, 5.41) is 13.0. The average Bonchev–Trinajstić information content (AvgIpc) is 2.74. The molecule has 0 amide bonds. The minimum absolute atomic E-state index is 0.114. The number of rotatable bonds is 3. The number of aliphatic hydroxyl groups is 1. The van der Waals surface area contributed by atoms with E-state index in [0.29, 0.717) is 11.9 Å². The molecule has 3 atom stereocenters. The first-order chi connectivity index (χ1) is 10.4. The molecule has 4 N–H and O–H groups in total. The maximum Gasteiger partial charge on any atom is 0.228 e. The van der Waals surface area contributed by atoms with Gasteiger partial charge in [0.05, 0.1) is 6.04 Å². The van der Waals surface area contributed by atoms with Gasteiger partial charge in [-0.05, 0) is 37.3 Å². The van der Waals surface area contributed by atoms with Crippen molar-refractivity contribution in [2.24, 2.45) is 5.92 Å². The van der Waals surface area contributed by atoms with E-state index in [4.69, 9.17) is 5.73 Å². The number of nitrogens with zero attached hydrogens (tertiary/aromatic N) is 3. The lowest BCUT2D eigenvalue weighted by atomic mass is 10.0. The van der Waals surface area contributed by atoms with E-state index in [2.05, 4.69) is 52.3 Å². The molecule has 1 heterocycles. The Balaban J connectivity index is 1.92. The molecular formula is C16H21N5O. The number of hydrogen-bond donors (Lipinski definition) is 3. The first-order valence-electron chi connectivity index (χ1n) is 7.49. The molecule has 0 saturated heterocycles. The van der Waals surface area contributed by atoms with E-state index in [0.717, 1.165) is 6.42 Å². The maximum absolute atomic E-state index is 9.64. The summed E-state index contributed by atoms with van der Waals surface area (Å²) in [4.78, 5) is 12.4. The largest absolute Gasteiger partial charge is 0.385 e. The van der Waals surface area contributed by atoms with Crippen molar-refractivity contribution in [1.82, 2.24) is 15.0 Å². The zero-order chi connectivity index (χ0) is 15.9. The average molecular weight is 299 g/mol. The van der Waals surface area contributed by atoms with Crippen molar-refractivity contribution in [1.29, 1.82) is 0 Å². The van der Waals surface area contributed by atoms with Gasteiger partial charge in [0.1, 0.15) is 6.10 Å². The summed E-state index contributed by atoms with van der Waals surface area (Å²) in [7, 11) is 0. The van der Waals surface area contributed by atoms with E-state index in [1.165, 1.54) is 16.7 Å². The molecular weight excluding hydrogens is 278 g/mol. The van der Waals surface area contributed by atoms with Crippen LogP contribution in [0.2, 0.25) is 0 Å². The van der Waals surface area contributed by atoms with Crippen LogP contribution in [0.5, 0.6) is 0 Å². The lowest BCUT2D eigenvalue weighted by Gasteiger charge is -2.19. The molecule has 1 aliphatic rings. The van der Waals surface area contributed by atoms with Crippen molar-refractivity contribution in [3.8, 4) is 0 Å². The molecule has 6 heteroatoms. The molecule has 0 fully saturated rings. The smallest absolute Gasteiger partial charge is 0.228 e. The highest BCUT2D eigenvalue weighted by atomic mass is 16.3. The van der Waals surface area contributed by atoms with Gasteiger partial charge in [-0.25, -0.2) is 0 Å². The third kappa shape index (κ3) is 2.74. The number of aliphatic hydroxyl groups excluding tert-OH is 1. The predicted molar refractivity (Wildman–Crippen MR) is 85.3 cm³/mol. The highest BCUT2D eigenvalue weighted by Crippen LogP contribution is 2.38. The van der Waals surface area contributed by atoms with Crippen LogP contribution in [-0.2, 0) is 6.42 Å². The fraction of sp³-hybridized carbons (Fsp3) is 0.438. The molecule has 0 aliphatic heterocycles. The van der Waals surface area contributed by atoms with Crippen LogP contribution in [0.25, 0.3) is 0 Å². The molecule has 0 bridgehead atoms. The van der Waals surface area contributed by atoms with Crippen molar-refractivity contribution < 1.29 is 5.11 Å². The lowest BCUT2D eigenvalue weighted by Crippen LogP contribution is -2.18. The van der Waals surface area contributed by atoms with Gasteiger partial charge in [0.15, 0.2) is 5.82 Å². The van der Waals surface area contributed by atoms with E-state index < -0.39 is 6.10 Å². The van der Waals surface area contributed by atoms with Crippen molar-refractivity contribution in [2.75, 3.05) is 11.1 Å². The maximum atomic E-state index is 9.64. The second-order valence-electron chi connectivity index (χ2n) is 6.06. The molecule has 0 radical (unpaired) electrons. The molecule has 116 valence electrons. The third-order valence-electron chi connectivity index (χ3n) is 4.08. The van der Waals surface area contributed by atoms with Gasteiger partial charge in [-0.3, -0.25) is 0 Å². The molecule has 0 spiro atoms. The summed E-state index contributed by atoms with van der Waals surface area (Å²) in [6.45, 7) is 5.90. The van der Waals surface area contributed by atoms with Crippen LogP contribution in [-0.4, -0.2) is 20.1 Å². The minimum Gasteiger partial charge on any atom is -0.385 e. The highest BCUT2D eigenvalue weighted by Gasteiger charge is 2.30. The molecule has 22 heavy (non-hydrogen) atoms. The molecule has 6 nitrogen and oxygen atoms in total. The van der Waals surface area contributed by atoms with Gasteiger partial charge in [-0.15, -0.1) is 0 Å². The van der Waals surface area contributed by atoms with Gasteiger partial charge in [-0.2, -0.15) is 15.0 Å². The van der Waals surface area contributed by atoms with Gasteiger partial charge < -0.3 is 16.2 Å². The summed E-state index contributed by atoms with van der Waals surface area (Å²) >= 11 is 0. The van der Waals surface area contributed by atoms with Gasteiger partial charge >= 0.3 is 0 Å². The molecule has 3 rings (SSSR count). The molecule has 1 unspecified atom stereocenters. The van der Waals surface area contributed by atoms with Crippen LogP contribution in [0.1, 0.15) is 48.5 Å². The lowest BCUT2D eigenvalue weighted by molar-refractivity contribution is 0.189. The molecule has 1 aliphatic carbocycles. The van der Waals surface area contributed by atoms with E-state index in [1.807, 2.05) is 0 Å². The SMILES string of the molecule is Cc1ccc2c(c1)[C@H](Nc1nc(N)nc(C(C)O)n1)[C@@H](C)C2. The number of aryl methyl sites for hydroxylation is 1. The molecule has 1 aromatic heterocycles. The summed E-state index contributed by atoms with van der Waals surface area (Å²) in [6.07, 6.45) is 0.248. The zero-order valence-electron chi connectivity index (χ0n) is 13.0. The Labute approximate surface area is 129 Å². The van der Waals surface area contributed by atoms with Crippen molar-refractivity contribution in [2.45, 2.75) is 39.3 Å². The highest BCUT2D eigenvalue weighted by molar-refractivity contribution is 5.44. The van der Waals surface area contributed by atoms with Crippen molar-refractivity contribution >= 4 is 11.9 Å². The van der Waals surface area contributed by atoms with E-state index >= 15 is 0 Å². The number of benzene rings is 1. The Bertz CT molecular complexity index is 701. The number of hydrogen-bond acceptors (Lipinski definition) is 6. The van der Waals surface area contributed by atoms with E-state index in [1.54, 1.807) is 6.92 Å². The number of fused-ring (bicyclic) bond motifs is 1.